The number of carbonyl (C=O) groups excluding carboxylic acids is 2. The molecule has 29 heavy (non-hydrogen) atoms. The number of halogens is 2. The SMILES string of the molecule is CC[C@@H](C)c1ccc(N=C2NC(=O)[C@@H](CC(=O)Nc3ccc(F)cc3F)S2)cc1. The maximum Gasteiger partial charge on any atom is 0.240 e. The second kappa shape index (κ2) is 9.17. The van der Waals surface area contributed by atoms with Crippen molar-refractivity contribution in [3.05, 3.63) is 59.7 Å². The maximum atomic E-state index is 13.6. The monoisotopic (exact) mass is 417 g/mol. The lowest BCUT2D eigenvalue weighted by Crippen LogP contribution is -2.28. The normalized spacial score (nSPS) is 18.6. The highest BCUT2D eigenvalue weighted by Crippen LogP contribution is 2.27. The van der Waals surface area contributed by atoms with E-state index in [1.807, 2.05) is 24.3 Å². The number of rotatable bonds is 6. The van der Waals surface area contributed by atoms with Crippen LogP contribution in [0.15, 0.2) is 47.5 Å². The van der Waals surface area contributed by atoms with Gasteiger partial charge in [-0.25, -0.2) is 13.8 Å². The smallest absolute Gasteiger partial charge is 0.240 e. The van der Waals surface area contributed by atoms with Crippen LogP contribution >= 0.6 is 11.8 Å². The Kier molecular flexibility index (Phi) is 6.64. The Balaban J connectivity index is 1.61. The summed E-state index contributed by atoms with van der Waals surface area (Å²) in [5.74, 6) is -2.01. The van der Waals surface area contributed by atoms with Gasteiger partial charge in [0.1, 0.15) is 16.9 Å². The summed E-state index contributed by atoms with van der Waals surface area (Å²) in [5.41, 5.74) is 1.80. The first-order valence-electron chi connectivity index (χ1n) is 9.26. The Morgan fingerprint density at radius 1 is 1.24 bits per heavy atom. The molecule has 0 aromatic heterocycles. The Morgan fingerprint density at radius 2 is 1.97 bits per heavy atom. The van der Waals surface area contributed by atoms with Crippen LogP contribution in [0.4, 0.5) is 20.2 Å². The number of aliphatic imine (C=N–C) groups is 1. The van der Waals surface area contributed by atoms with Crippen LogP contribution in [0.2, 0.25) is 0 Å². The van der Waals surface area contributed by atoms with Gasteiger partial charge in [-0.2, -0.15) is 0 Å². The lowest BCUT2D eigenvalue weighted by atomic mass is 9.99. The van der Waals surface area contributed by atoms with E-state index in [1.54, 1.807) is 0 Å². The van der Waals surface area contributed by atoms with Crippen molar-refractivity contribution < 1.29 is 18.4 Å². The fourth-order valence-electron chi connectivity index (χ4n) is 2.78. The average Bonchev–Trinajstić information content (AvgIpc) is 3.02. The molecule has 2 N–H and O–H groups in total. The van der Waals surface area contributed by atoms with Crippen molar-refractivity contribution in [3.8, 4) is 0 Å². The molecule has 5 nitrogen and oxygen atoms in total. The van der Waals surface area contributed by atoms with E-state index in [9.17, 15) is 18.4 Å². The number of anilines is 1. The molecule has 1 aliphatic rings. The zero-order chi connectivity index (χ0) is 21.0. The van der Waals surface area contributed by atoms with E-state index in [-0.39, 0.29) is 18.0 Å². The standard InChI is InChI=1S/C21H21F2N3O2S/c1-3-12(2)13-4-7-15(8-5-13)24-21-26-20(28)18(29-21)11-19(27)25-17-9-6-14(22)10-16(17)23/h4-10,12,18H,3,11H2,1-2H3,(H,25,27)(H,24,26,28)/t12-,18-/m1/s1. The van der Waals surface area contributed by atoms with Gasteiger partial charge in [0.25, 0.3) is 0 Å². The number of thioether (sulfide) groups is 1. The fraction of sp³-hybridized carbons (Fsp3) is 0.286. The van der Waals surface area contributed by atoms with Gasteiger partial charge in [-0.1, -0.05) is 37.7 Å². The van der Waals surface area contributed by atoms with Gasteiger partial charge in [-0.05, 0) is 42.2 Å². The molecule has 0 radical (unpaired) electrons. The van der Waals surface area contributed by atoms with Crippen LogP contribution in [0.3, 0.4) is 0 Å². The minimum absolute atomic E-state index is 0.130. The van der Waals surface area contributed by atoms with Crippen LogP contribution in [0.1, 0.15) is 38.2 Å². The molecule has 0 bridgehead atoms. The molecule has 0 unspecified atom stereocenters. The molecular weight excluding hydrogens is 396 g/mol. The van der Waals surface area contributed by atoms with Crippen LogP contribution in [0, 0.1) is 11.6 Å². The second-order valence-electron chi connectivity index (χ2n) is 6.79. The zero-order valence-electron chi connectivity index (χ0n) is 16.0. The molecule has 152 valence electrons. The molecule has 3 rings (SSSR count). The lowest BCUT2D eigenvalue weighted by molar-refractivity contribution is -0.122. The van der Waals surface area contributed by atoms with Crippen molar-refractivity contribution in [2.75, 3.05) is 5.32 Å². The van der Waals surface area contributed by atoms with E-state index in [1.165, 1.54) is 5.56 Å². The predicted octanol–water partition coefficient (Wildman–Crippen LogP) is 4.73. The summed E-state index contributed by atoms with van der Waals surface area (Å²) >= 11 is 1.15. The largest absolute Gasteiger partial charge is 0.324 e. The highest BCUT2D eigenvalue weighted by molar-refractivity contribution is 8.15. The van der Waals surface area contributed by atoms with E-state index < -0.39 is 22.8 Å². The summed E-state index contributed by atoms with van der Waals surface area (Å²) in [5, 5.41) is 4.76. The second-order valence-corrected chi connectivity index (χ2v) is 7.98. The number of carbonyl (C=O) groups is 2. The highest BCUT2D eigenvalue weighted by atomic mass is 32.2. The quantitative estimate of drug-likeness (QED) is 0.714. The first-order chi connectivity index (χ1) is 13.9. The third-order valence-corrected chi connectivity index (χ3v) is 5.74. The third-order valence-electron chi connectivity index (χ3n) is 4.66. The molecule has 0 aliphatic carbocycles. The Bertz CT molecular complexity index is 947. The van der Waals surface area contributed by atoms with Gasteiger partial charge >= 0.3 is 0 Å². The van der Waals surface area contributed by atoms with Crippen LogP contribution in [0.5, 0.6) is 0 Å². The molecule has 2 aromatic carbocycles. The van der Waals surface area contributed by atoms with Gasteiger partial charge in [0.15, 0.2) is 5.17 Å². The number of nitrogens with zero attached hydrogens (tertiary/aromatic N) is 1. The van der Waals surface area contributed by atoms with Gasteiger partial charge in [-0.3, -0.25) is 9.59 Å². The van der Waals surface area contributed by atoms with Gasteiger partial charge in [0, 0.05) is 12.5 Å². The first-order valence-corrected chi connectivity index (χ1v) is 10.1. The van der Waals surface area contributed by atoms with Gasteiger partial charge in [0.2, 0.25) is 11.8 Å². The number of amidine groups is 1. The lowest BCUT2D eigenvalue weighted by Gasteiger charge is -2.08. The van der Waals surface area contributed by atoms with Crippen LogP contribution in [0.25, 0.3) is 0 Å². The number of amides is 2. The Morgan fingerprint density at radius 3 is 2.62 bits per heavy atom. The third kappa shape index (κ3) is 5.41. The van der Waals surface area contributed by atoms with Gasteiger partial charge < -0.3 is 10.6 Å². The van der Waals surface area contributed by atoms with Crippen LogP contribution in [-0.2, 0) is 9.59 Å². The van der Waals surface area contributed by atoms with Crippen molar-refractivity contribution >= 4 is 40.1 Å². The molecule has 0 saturated carbocycles. The number of benzene rings is 2. The zero-order valence-corrected chi connectivity index (χ0v) is 16.9. The van der Waals surface area contributed by atoms with Crippen LogP contribution < -0.4 is 10.6 Å². The molecular formula is C21H21F2N3O2S. The molecule has 2 atom stereocenters. The number of hydrogen-bond donors (Lipinski definition) is 2. The highest BCUT2D eigenvalue weighted by Gasteiger charge is 2.32. The molecule has 0 spiro atoms. The number of nitrogens with one attached hydrogen (secondary N) is 2. The summed E-state index contributed by atoms with van der Waals surface area (Å²) in [6.07, 6.45) is 0.893. The van der Waals surface area contributed by atoms with E-state index in [4.69, 9.17) is 0 Å². The van der Waals surface area contributed by atoms with E-state index >= 15 is 0 Å². The molecule has 1 saturated heterocycles. The Labute approximate surface area is 172 Å². The summed E-state index contributed by atoms with van der Waals surface area (Å²) < 4.78 is 26.6. The predicted molar refractivity (Wildman–Crippen MR) is 111 cm³/mol. The molecule has 2 amide bonds. The minimum atomic E-state index is -0.870. The molecule has 1 aliphatic heterocycles. The van der Waals surface area contributed by atoms with Crippen molar-refractivity contribution in [2.24, 2.45) is 4.99 Å². The molecule has 2 aromatic rings. The summed E-state index contributed by atoms with van der Waals surface area (Å²) in [4.78, 5) is 28.7. The summed E-state index contributed by atoms with van der Waals surface area (Å²) in [6.45, 7) is 4.28. The molecule has 1 fully saturated rings. The minimum Gasteiger partial charge on any atom is -0.324 e. The topological polar surface area (TPSA) is 70.6 Å². The first kappa shape index (κ1) is 21.0. The van der Waals surface area contributed by atoms with Crippen molar-refractivity contribution in [3.63, 3.8) is 0 Å². The van der Waals surface area contributed by atoms with E-state index in [0.29, 0.717) is 22.8 Å². The van der Waals surface area contributed by atoms with E-state index in [2.05, 4.69) is 29.5 Å². The maximum absolute atomic E-state index is 13.6. The average molecular weight is 417 g/mol. The summed E-state index contributed by atoms with van der Waals surface area (Å²) in [6, 6.07) is 10.7. The molecule has 1 heterocycles. The summed E-state index contributed by atoms with van der Waals surface area (Å²) in [7, 11) is 0. The van der Waals surface area contributed by atoms with Crippen molar-refractivity contribution in [1.82, 2.24) is 5.32 Å². The van der Waals surface area contributed by atoms with Crippen molar-refractivity contribution in [1.29, 1.82) is 0 Å². The van der Waals surface area contributed by atoms with Gasteiger partial charge in [-0.15, -0.1) is 0 Å². The van der Waals surface area contributed by atoms with Crippen molar-refractivity contribution in [2.45, 2.75) is 37.9 Å². The van der Waals surface area contributed by atoms with Crippen LogP contribution in [-0.4, -0.2) is 22.2 Å². The van der Waals surface area contributed by atoms with E-state index in [0.717, 1.165) is 30.3 Å². The fourth-order valence-corrected chi connectivity index (χ4v) is 3.77. The Hall–Kier alpha value is -2.74. The van der Waals surface area contributed by atoms with Gasteiger partial charge in [0.05, 0.1) is 11.4 Å². The molecule has 8 heteroatoms. The number of hydrogen-bond acceptors (Lipinski definition) is 4.